The fourth-order valence-electron chi connectivity index (χ4n) is 9.06. The zero-order valence-electron chi connectivity index (χ0n) is 54.1. The second kappa shape index (κ2) is 63.7. The van der Waals surface area contributed by atoms with Gasteiger partial charge in [-0.3, -0.25) is 9.59 Å². The minimum absolute atomic E-state index is 0.183. The van der Waals surface area contributed by atoms with Crippen LogP contribution in [-0.2, 0) is 33.3 Å². The lowest BCUT2D eigenvalue weighted by atomic mass is 10.0. The van der Waals surface area contributed by atoms with Crippen LogP contribution in [0.25, 0.3) is 0 Å². The van der Waals surface area contributed by atoms with Gasteiger partial charge < -0.3 is 28.5 Å². The summed E-state index contributed by atoms with van der Waals surface area (Å²) in [5.41, 5.74) is 0. The zero-order chi connectivity index (χ0) is 60.5. The van der Waals surface area contributed by atoms with Crippen molar-refractivity contribution in [1.82, 2.24) is 0 Å². The van der Waals surface area contributed by atoms with Crippen molar-refractivity contribution in [3.8, 4) is 0 Å². The molecule has 0 saturated carbocycles. The number of quaternary nitrogens is 1. The highest BCUT2D eigenvalue weighted by Crippen LogP contribution is 2.16. The average molecular weight is 1160 g/mol. The van der Waals surface area contributed by atoms with Gasteiger partial charge in [-0.15, -0.1) is 0 Å². The van der Waals surface area contributed by atoms with Crippen molar-refractivity contribution in [2.75, 3.05) is 47.5 Å². The standard InChI is InChI=1S/C74H125NO8/c1-6-8-10-12-14-16-18-20-22-24-26-27-28-29-30-31-32-33-34-35-36-37-38-39-40-41-42-43-44-45-47-49-51-53-55-57-59-61-63-65-72(77)83-70(69-82-74(73(78)79)80-67-66-75(3,4)5)68-81-71(76)64-62-60-58-56-54-52-50-48-46-25-23-21-19-17-15-13-11-9-7-2/h8,10,14,16,20-23,26-27,29-30,32-33,35-36,38-39,41-42,70,74H,6-7,9,11-13,15,17-19,24-25,28,31,34,37,40,43-69H2,1-5H3/p+1/b10-8-,16-14-,22-20-,23-21-,27-26-,30-29-,33-32-,36-35-,39-38-,42-41-. The van der Waals surface area contributed by atoms with E-state index in [0.29, 0.717) is 23.9 Å². The number of carboxylic acids is 1. The Morgan fingerprint density at radius 2 is 0.687 bits per heavy atom. The molecule has 1 N–H and O–H groups in total. The Labute approximate surface area is 510 Å². The molecule has 0 heterocycles. The molecule has 0 saturated heterocycles. The number of rotatable bonds is 61. The van der Waals surface area contributed by atoms with Crippen LogP contribution < -0.4 is 0 Å². The van der Waals surface area contributed by atoms with E-state index in [1.54, 1.807) is 0 Å². The second-order valence-corrected chi connectivity index (χ2v) is 23.4. The number of carbonyl (C=O) groups excluding carboxylic acids is 2. The third-order valence-electron chi connectivity index (χ3n) is 14.2. The van der Waals surface area contributed by atoms with E-state index in [1.807, 2.05) is 21.1 Å². The van der Waals surface area contributed by atoms with E-state index < -0.39 is 24.3 Å². The molecule has 2 atom stereocenters. The Kier molecular flexibility index (Phi) is 60.4. The number of likely N-dealkylation sites (N-methyl/N-ethyl adjacent to an activating group) is 1. The molecule has 0 fully saturated rings. The van der Waals surface area contributed by atoms with E-state index in [0.717, 1.165) is 103 Å². The number of allylic oxidation sites excluding steroid dienone is 20. The summed E-state index contributed by atoms with van der Waals surface area (Å²) in [5.74, 6) is -2.01. The molecule has 83 heavy (non-hydrogen) atoms. The van der Waals surface area contributed by atoms with Crippen molar-refractivity contribution in [2.45, 2.75) is 283 Å². The van der Waals surface area contributed by atoms with E-state index in [4.69, 9.17) is 18.9 Å². The first-order chi connectivity index (χ1) is 40.6. The van der Waals surface area contributed by atoms with Gasteiger partial charge in [0.15, 0.2) is 6.10 Å². The van der Waals surface area contributed by atoms with Gasteiger partial charge in [-0.05, 0) is 109 Å². The number of nitrogens with zero attached hydrogens (tertiary/aromatic N) is 1. The lowest BCUT2D eigenvalue weighted by molar-refractivity contribution is -0.870. The summed E-state index contributed by atoms with van der Waals surface area (Å²) < 4.78 is 22.9. The van der Waals surface area contributed by atoms with Crippen molar-refractivity contribution in [2.24, 2.45) is 0 Å². The van der Waals surface area contributed by atoms with Crippen LogP contribution in [0.1, 0.15) is 271 Å². The Morgan fingerprint density at radius 1 is 0.373 bits per heavy atom. The van der Waals surface area contributed by atoms with Crippen molar-refractivity contribution in [1.29, 1.82) is 0 Å². The fraction of sp³-hybridized carbons (Fsp3) is 0.689. The minimum atomic E-state index is -1.52. The van der Waals surface area contributed by atoms with Gasteiger partial charge in [0, 0.05) is 12.8 Å². The smallest absolute Gasteiger partial charge is 0.361 e. The first-order valence-corrected chi connectivity index (χ1v) is 33.7. The molecule has 0 rings (SSSR count). The Bertz CT molecular complexity index is 1780. The van der Waals surface area contributed by atoms with Crippen LogP contribution in [0.2, 0.25) is 0 Å². The van der Waals surface area contributed by atoms with Crippen LogP contribution in [0.5, 0.6) is 0 Å². The summed E-state index contributed by atoms with van der Waals surface area (Å²) in [5, 5.41) is 9.73. The number of ether oxygens (including phenoxy) is 4. The third-order valence-corrected chi connectivity index (χ3v) is 14.2. The van der Waals surface area contributed by atoms with E-state index in [9.17, 15) is 19.5 Å². The van der Waals surface area contributed by atoms with Crippen LogP contribution in [0.4, 0.5) is 0 Å². The quantitative estimate of drug-likeness (QED) is 0.0211. The van der Waals surface area contributed by atoms with Crippen LogP contribution in [0, 0.1) is 0 Å². The normalized spacial score (nSPS) is 13.5. The maximum Gasteiger partial charge on any atom is 0.361 e. The topological polar surface area (TPSA) is 108 Å². The highest BCUT2D eigenvalue weighted by Gasteiger charge is 2.25. The molecule has 0 aliphatic carbocycles. The first kappa shape index (κ1) is 78.7. The van der Waals surface area contributed by atoms with E-state index in [2.05, 4.69) is 135 Å². The van der Waals surface area contributed by atoms with Gasteiger partial charge in [-0.2, -0.15) is 0 Å². The van der Waals surface area contributed by atoms with Crippen molar-refractivity contribution in [3.05, 3.63) is 122 Å². The predicted octanol–water partition coefficient (Wildman–Crippen LogP) is 20.8. The maximum absolute atomic E-state index is 12.9. The van der Waals surface area contributed by atoms with E-state index in [1.165, 1.54) is 135 Å². The molecule has 0 aliphatic heterocycles. The lowest BCUT2D eigenvalue weighted by Gasteiger charge is -2.25. The van der Waals surface area contributed by atoms with E-state index in [-0.39, 0.29) is 32.2 Å². The Balaban J connectivity index is 4.14. The lowest BCUT2D eigenvalue weighted by Crippen LogP contribution is -2.40. The van der Waals surface area contributed by atoms with Crippen LogP contribution >= 0.6 is 0 Å². The van der Waals surface area contributed by atoms with Crippen molar-refractivity contribution < 1.29 is 42.9 Å². The molecule has 0 aromatic rings. The molecule has 474 valence electrons. The van der Waals surface area contributed by atoms with Gasteiger partial charge in [0.25, 0.3) is 6.29 Å². The van der Waals surface area contributed by atoms with Crippen LogP contribution in [0.3, 0.4) is 0 Å². The summed E-state index contributed by atoms with van der Waals surface area (Å²) in [6.45, 7) is 4.76. The highest BCUT2D eigenvalue weighted by molar-refractivity contribution is 5.71. The van der Waals surface area contributed by atoms with Gasteiger partial charge in [-0.25, -0.2) is 4.79 Å². The van der Waals surface area contributed by atoms with Gasteiger partial charge >= 0.3 is 17.9 Å². The highest BCUT2D eigenvalue weighted by atomic mass is 16.7. The van der Waals surface area contributed by atoms with Crippen LogP contribution in [-0.4, -0.2) is 87.4 Å². The average Bonchev–Trinajstić information content (AvgIpc) is 3.46. The largest absolute Gasteiger partial charge is 0.477 e. The molecule has 0 aromatic carbocycles. The molecular formula is C74H126NO8+. The Hall–Kier alpha value is -4.31. The van der Waals surface area contributed by atoms with Gasteiger partial charge in [-0.1, -0.05) is 270 Å². The summed E-state index contributed by atoms with van der Waals surface area (Å²) in [6.07, 6.45) is 87.2. The van der Waals surface area contributed by atoms with Gasteiger partial charge in [0.2, 0.25) is 0 Å². The summed E-state index contributed by atoms with van der Waals surface area (Å²) in [7, 11) is 5.97. The summed E-state index contributed by atoms with van der Waals surface area (Å²) in [6, 6.07) is 0. The number of carbonyl (C=O) groups is 3. The predicted molar refractivity (Wildman–Crippen MR) is 354 cm³/mol. The molecule has 9 heteroatoms. The number of unbranched alkanes of at least 4 members (excludes halogenated alkanes) is 26. The molecule has 0 radical (unpaired) electrons. The van der Waals surface area contributed by atoms with E-state index >= 15 is 0 Å². The molecule has 0 aromatic heterocycles. The van der Waals surface area contributed by atoms with Gasteiger partial charge in [0.1, 0.15) is 13.2 Å². The van der Waals surface area contributed by atoms with Crippen LogP contribution in [0.15, 0.2) is 122 Å². The summed E-state index contributed by atoms with van der Waals surface area (Å²) in [4.78, 5) is 37.5. The number of hydrogen-bond donors (Lipinski definition) is 1. The monoisotopic (exact) mass is 1160 g/mol. The SMILES string of the molecule is CC/C=C\C/C=C\C/C=C\C/C=C\C/C=C\C/C=C\C/C=C\C/C=C\C/C=C\CCCCCCCCCCCCCC(=O)OC(COC(=O)CCCCCCCCCCC/C=C\CCCCCCCC)COC(OCC[N+](C)(C)C)C(=O)O. The minimum Gasteiger partial charge on any atom is -0.477 e. The Morgan fingerprint density at radius 3 is 1.04 bits per heavy atom. The number of esters is 2. The number of carboxylic acid groups (broad SMARTS) is 1. The number of aliphatic carboxylic acids is 1. The second-order valence-electron chi connectivity index (χ2n) is 23.4. The molecule has 0 aliphatic rings. The zero-order valence-corrected chi connectivity index (χ0v) is 54.1. The molecule has 9 nitrogen and oxygen atoms in total. The molecule has 0 bridgehead atoms. The molecule has 0 spiro atoms. The number of hydrogen-bond acceptors (Lipinski definition) is 7. The first-order valence-electron chi connectivity index (χ1n) is 33.7. The maximum atomic E-state index is 12.9. The van der Waals surface area contributed by atoms with Crippen molar-refractivity contribution >= 4 is 17.9 Å². The van der Waals surface area contributed by atoms with Gasteiger partial charge in [0.05, 0.1) is 34.4 Å². The molecule has 0 amide bonds. The third kappa shape index (κ3) is 65.1. The summed E-state index contributed by atoms with van der Waals surface area (Å²) >= 11 is 0. The van der Waals surface area contributed by atoms with Crippen molar-refractivity contribution in [3.63, 3.8) is 0 Å². The molecule has 2 unspecified atom stereocenters. The fourth-order valence-corrected chi connectivity index (χ4v) is 9.06. The molecular weight excluding hydrogens is 1030 g/mol.